The van der Waals surface area contributed by atoms with Crippen LogP contribution in [0.5, 0.6) is 5.75 Å². The summed E-state index contributed by atoms with van der Waals surface area (Å²) in [6.45, 7) is 1.77. The van der Waals surface area contributed by atoms with Crippen LogP contribution < -0.4 is 4.74 Å². The Morgan fingerprint density at radius 1 is 1.43 bits per heavy atom. The number of furan rings is 1. The van der Waals surface area contributed by atoms with Gasteiger partial charge >= 0.3 is 0 Å². The molecule has 0 saturated carbocycles. The fraction of sp³-hybridized carbons (Fsp3) is 0.182. The molecule has 0 saturated heterocycles. The van der Waals surface area contributed by atoms with Crippen LogP contribution in [-0.4, -0.2) is 13.4 Å². The lowest BCUT2D eigenvalue weighted by Gasteiger charge is -1.99. The molecule has 0 atom stereocenters. The molecule has 0 bridgehead atoms. The van der Waals surface area contributed by atoms with Crippen LogP contribution >= 0.6 is 0 Å². The topological polar surface area (TPSA) is 39.4 Å². The van der Waals surface area contributed by atoms with Crippen LogP contribution in [0.2, 0.25) is 0 Å². The Labute approximate surface area is 81.3 Å². The number of carbonyl (C=O) groups excluding carboxylic acids is 1. The van der Waals surface area contributed by atoms with E-state index in [0.717, 1.165) is 11.7 Å². The molecule has 1 heterocycles. The molecule has 0 aliphatic heterocycles. The monoisotopic (exact) mass is 190 g/mol. The van der Waals surface area contributed by atoms with Crippen molar-refractivity contribution >= 4 is 17.3 Å². The molecule has 14 heavy (non-hydrogen) atoms. The Morgan fingerprint density at radius 2 is 2.21 bits per heavy atom. The molecule has 0 amide bonds. The van der Waals surface area contributed by atoms with Gasteiger partial charge in [0, 0.05) is 0 Å². The van der Waals surface area contributed by atoms with Gasteiger partial charge < -0.3 is 9.15 Å². The zero-order valence-corrected chi connectivity index (χ0v) is 8.03. The average molecular weight is 190 g/mol. The van der Waals surface area contributed by atoms with E-state index in [9.17, 15) is 4.79 Å². The summed E-state index contributed by atoms with van der Waals surface area (Å²) in [5.74, 6) is 1.29. The molecule has 3 heteroatoms. The first-order valence-corrected chi connectivity index (χ1v) is 4.29. The molecule has 0 unspecified atom stereocenters. The van der Waals surface area contributed by atoms with Crippen LogP contribution in [0.1, 0.15) is 16.1 Å². The van der Waals surface area contributed by atoms with Crippen molar-refractivity contribution in [2.75, 3.05) is 7.11 Å². The minimum Gasteiger partial charge on any atom is -0.496 e. The number of aryl methyl sites for hydroxylation is 1. The molecule has 1 aromatic heterocycles. The second kappa shape index (κ2) is 3.18. The highest BCUT2D eigenvalue weighted by Crippen LogP contribution is 2.31. The highest BCUT2D eigenvalue weighted by molar-refractivity contribution is 6.00. The van der Waals surface area contributed by atoms with E-state index in [4.69, 9.17) is 9.15 Å². The van der Waals surface area contributed by atoms with Gasteiger partial charge in [0.25, 0.3) is 0 Å². The Hall–Kier alpha value is -1.77. The van der Waals surface area contributed by atoms with Crippen molar-refractivity contribution < 1.29 is 13.9 Å². The molecule has 3 nitrogen and oxygen atoms in total. The highest BCUT2D eigenvalue weighted by Gasteiger charge is 2.13. The van der Waals surface area contributed by atoms with Gasteiger partial charge in [-0.1, -0.05) is 6.07 Å². The van der Waals surface area contributed by atoms with Crippen LogP contribution in [0.25, 0.3) is 11.0 Å². The van der Waals surface area contributed by atoms with Crippen molar-refractivity contribution in [1.82, 2.24) is 0 Å². The third-order valence-corrected chi connectivity index (χ3v) is 2.24. The number of aldehydes is 1. The van der Waals surface area contributed by atoms with Crippen molar-refractivity contribution in [2.24, 2.45) is 0 Å². The maximum Gasteiger partial charge on any atom is 0.154 e. The number of fused-ring (bicyclic) bond motifs is 1. The van der Waals surface area contributed by atoms with Gasteiger partial charge in [0.05, 0.1) is 18.1 Å². The minimum atomic E-state index is 0.567. The number of hydrogen-bond acceptors (Lipinski definition) is 3. The molecule has 2 rings (SSSR count). The fourth-order valence-corrected chi connectivity index (χ4v) is 1.57. The molecule has 0 spiro atoms. The third-order valence-electron chi connectivity index (χ3n) is 2.24. The minimum absolute atomic E-state index is 0.567. The summed E-state index contributed by atoms with van der Waals surface area (Å²) >= 11 is 0. The summed E-state index contributed by atoms with van der Waals surface area (Å²) in [7, 11) is 1.58. The first kappa shape index (κ1) is 8.81. The normalized spacial score (nSPS) is 10.4. The molecular formula is C11H10O3. The van der Waals surface area contributed by atoms with E-state index in [-0.39, 0.29) is 0 Å². The number of hydrogen-bond donors (Lipinski definition) is 0. The van der Waals surface area contributed by atoms with Crippen LogP contribution in [-0.2, 0) is 0 Å². The average Bonchev–Trinajstić information content (AvgIpc) is 2.52. The van der Waals surface area contributed by atoms with E-state index in [0.29, 0.717) is 22.7 Å². The van der Waals surface area contributed by atoms with E-state index in [2.05, 4.69) is 0 Å². The summed E-state index contributed by atoms with van der Waals surface area (Å²) in [6.07, 6.45) is 0.795. The molecule has 0 radical (unpaired) electrons. The summed E-state index contributed by atoms with van der Waals surface area (Å²) in [5.41, 5.74) is 1.25. The lowest BCUT2D eigenvalue weighted by atomic mass is 10.1. The lowest BCUT2D eigenvalue weighted by molar-refractivity contribution is 0.112. The second-order valence-corrected chi connectivity index (χ2v) is 3.02. The summed E-state index contributed by atoms with van der Waals surface area (Å²) in [6, 6.07) is 5.46. The van der Waals surface area contributed by atoms with Crippen molar-refractivity contribution in [3.63, 3.8) is 0 Å². The first-order chi connectivity index (χ1) is 6.77. The number of carbonyl (C=O) groups is 1. The van der Waals surface area contributed by atoms with Crippen LogP contribution in [0, 0.1) is 6.92 Å². The summed E-state index contributed by atoms with van der Waals surface area (Å²) in [4.78, 5) is 10.9. The van der Waals surface area contributed by atoms with Crippen molar-refractivity contribution in [3.8, 4) is 5.75 Å². The van der Waals surface area contributed by atoms with Crippen molar-refractivity contribution in [2.45, 2.75) is 6.92 Å². The highest BCUT2D eigenvalue weighted by atomic mass is 16.5. The Morgan fingerprint density at radius 3 is 2.86 bits per heavy atom. The van der Waals surface area contributed by atoms with Crippen LogP contribution in [0.3, 0.4) is 0 Å². The third kappa shape index (κ3) is 1.09. The molecule has 0 N–H and O–H groups in total. The maximum atomic E-state index is 10.9. The maximum absolute atomic E-state index is 10.9. The van der Waals surface area contributed by atoms with Gasteiger partial charge in [-0.15, -0.1) is 0 Å². The second-order valence-electron chi connectivity index (χ2n) is 3.02. The number of benzene rings is 1. The Balaban J connectivity index is 2.89. The largest absolute Gasteiger partial charge is 0.496 e. The first-order valence-electron chi connectivity index (χ1n) is 4.29. The van der Waals surface area contributed by atoms with Crippen molar-refractivity contribution in [3.05, 3.63) is 29.5 Å². The number of methoxy groups -OCH3 is 1. The Kier molecular flexibility index (Phi) is 2.00. The predicted octanol–water partition coefficient (Wildman–Crippen LogP) is 2.56. The van der Waals surface area contributed by atoms with Crippen LogP contribution in [0.15, 0.2) is 22.6 Å². The zero-order valence-electron chi connectivity index (χ0n) is 8.03. The fourth-order valence-electron chi connectivity index (χ4n) is 1.57. The smallest absolute Gasteiger partial charge is 0.154 e. The standard InChI is InChI=1S/C11H10O3/c1-7-8(6-12)11-9(13-2)4-3-5-10(11)14-7/h3-6H,1-2H3. The zero-order chi connectivity index (χ0) is 10.1. The lowest BCUT2D eigenvalue weighted by Crippen LogP contribution is -1.86. The molecule has 0 aliphatic carbocycles. The van der Waals surface area contributed by atoms with Gasteiger partial charge in [-0.05, 0) is 19.1 Å². The number of ether oxygens (including phenoxy) is 1. The van der Waals surface area contributed by atoms with Crippen molar-refractivity contribution in [1.29, 1.82) is 0 Å². The van der Waals surface area contributed by atoms with Gasteiger partial charge in [0.2, 0.25) is 0 Å². The summed E-state index contributed by atoms with van der Waals surface area (Å²) in [5, 5.41) is 0.752. The van der Waals surface area contributed by atoms with Gasteiger partial charge in [0.1, 0.15) is 17.1 Å². The molecule has 0 fully saturated rings. The van der Waals surface area contributed by atoms with E-state index < -0.39 is 0 Å². The molecule has 72 valence electrons. The van der Waals surface area contributed by atoms with Crippen LogP contribution in [0.4, 0.5) is 0 Å². The molecule has 2 aromatic rings. The molecule has 1 aromatic carbocycles. The van der Waals surface area contributed by atoms with E-state index in [1.165, 1.54) is 0 Å². The van der Waals surface area contributed by atoms with E-state index in [1.54, 1.807) is 14.0 Å². The molecule has 0 aliphatic rings. The molecular weight excluding hydrogens is 180 g/mol. The van der Waals surface area contributed by atoms with Gasteiger partial charge in [-0.25, -0.2) is 0 Å². The Bertz CT molecular complexity index is 482. The van der Waals surface area contributed by atoms with Gasteiger partial charge in [0.15, 0.2) is 6.29 Å². The quantitative estimate of drug-likeness (QED) is 0.683. The van der Waals surface area contributed by atoms with Gasteiger partial charge in [-0.2, -0.15) is 0 Å². The SMILES string of the molecule is COc1cccc2oc(C)c(C=O)c12. The van der Waals surface area contributed by atoms with E-state index in [1.807, 2.05) is 18.2 Å². The van der Waals surface area contributed by atoms with Gasteiger partial charge in [-0.3, -0.25) is 4.79 Å². The van der Waals surface area contributed by atoms with E-state index >= 15 is 0 Å². The number of rotatable bonds is 2. The summed E-state index contributed by atoms with van der Waals surface area (Å²) < 4.78 is 10.6. The predicted molar refractivity (Wildman–Crippen MR) is 52.9 cm³/mol.